The van der Waals surface area contributed by atoms with Gasteiger partial charge in [-0.25, -0.2) is 0 Å². The highest BCUT2D eigenvalue weighted by Gasteiger charge is 2.13. The number of amides is 1. The van der Waals surface area contributed by atoms with Crippen LogP contribution in [0.25, 0.3) is 0 Å². The molecule has 0 aliphatic heterocycles. The maximum absolute atomic E-state index is 12.2. The van der Waals surface area contributed by atoms with Crippen LogP contribution in [0.15, 0.2) is 48.5 Å². The lowest BCUT2D eigenvalue weighted by Crippen LogP contribution is -2.20. The van der Waals surface area contributed by atoms with Gasteiger partial charge in [0.05, 0.1) is 10.0 Å². The van der Waals surface area contributed by atoms with Gasteiger partial charge in [0.15, 0.2) is 12.4 Å². The van der Waals surface area contributed by atoms with Gasteiger partial charge in [0, 0.05) is 28.0 Å². The smallest absolute Gasteiger partial charge is 0.262 e. The van der Waals surface area contributed by atoms with E-state index in [1.54, 1.807) is 24.3 Å². The van der Waals surface area contributed by atoms with Gasteiger partial charge in [0.1, 0.15) is 0 Å². The average molecular weight is 498 g/mol. The SMILES string of the molecule is Cc1ccc(NC(=O)COc2c(Cl)cc(CNc3cccc(Cl)c3C)cc2Cl)cc1Cl. The first-order valence-corrected chi connectivity index (χ1v) is 10.9. The minimum Gasteiger partial charge on any atom is -0.481 e. The number of carbonyl (C=O) groups excluding carboxylic acids is 1. The van der Waals surface area contributed by atoms with Crippen LogP contribution >= 0.6 is 46.4 Å². The van der Waals surface area contributed by atoms with E-state index in [1.165, 1.54) is 0 Å². The third-order valence-electron chi connectivity index (χ3n) is 4.61. The summed E-state index contributed by atoms with van der Waals surface area (Å²) in [6.45, 7) is 4.08. The van der Waals surface area contributed by atoms with Crippen molar-refractivity contribution in [2.45, 2.75) is 20.4 Å². The second-order valence-corrected chi connectivity index (χ2v) is 8.58. The lowest BCUT2D eigenvalue weighted by Gasteiger charge is -2.14. The topological polar surface area (TPSA) is 50.4 Å². The number of hydrogen-bond acceptors (Lipinski definition) is 3. The average Bonchev–Trinajstić information content (AvgIpc) is 2.71. The third kappa shape index (κ3) is 6.20. The summed E-state index contributed by atoms with van der Waals surface area (Å²) in [7, 11) is 0. The minimum absolute atomic E-state index is 0.246. The molecule has 0 atom stereocenters. The number of hydrogen-bond donors (Lipinski definition) is 2. The van der Waals surface area contributed by atoms with Gasteiger partial charge in [0.25, 0.3) is 5.91 Å². The van der Waals surface area contributed by atoms with Gasteiger partial charge in [0.2, 0.25) is 0 Å². The molecule has 3 aromatic carbocycles. The summed E-state index contributed by atoms with van der Waals surface area (Å²) in [6.07, 6.45) is 0. The fourth-order valence-electron chi connectivity index (χ4n) is 2.85. The van der Waals surface area contributed by atoms with E-state index in [0.717, 1.165) is 22.4 Å². The van der Waals surface area contributed by atoms with Gasteiger partial charge in [-0.15, -0.1) is 0 Å². The molecule has 0 aromatic heterocycles. The molecule has 0 spiro atoms. The van der Waals surface area contributed by atoms with Crippen LogP contribution in [0.3, 0.4) is 0 Å². The summed E-state index contributed by atoms with van der Waals surface area (Å²) in [5, 5.41) is 7.93. The van der Waals surface area contributed by atoms with Crippen molar-refractivity contribution in [3.05, 3.63) is 85.3 Å². The van der Waals surface area contributed by atoms with E-state index in [2.05, 4.69) is 10.6 Å². The van der Waals surface area contributed by atoms with E-state index < -0.39 is 0 Å². The zero-order valence-electron chi connectivity index (χ0n) is 16.9. The van der Waals surface area contributed by atoms with Crippen molar-refractivity contribution in [3.63, 3.8) is 0 Å². The molecule has 0 saturated heterocycles. The molecule has 0 fully saturated rings. The van der Waals surface area contributed by atoms with Crippen LogP contribution in [0.4, 0.5) is 11.4 Å². The molecule has 3 aromatic rings. The fraction of sp³-hybridized carbons (Fsp3) is 0.174. The Bertz CT molecular complexity index is 1100. The number of anilines is 2. The molecule has 0 aliphatic rings. The Hall–Kier alpha value is -2.11. The highest BCUT2D eigenvalue weighted by Crippen LogP contribution is 2.35. The highest BCUT2D eigenvalue weighted by molar-refractivity contribution is 6.37. The van der Waals surface area contributed by atoms with Crippen molar-refractivity contribution in [1.29, 1.82) is 0 Å². The molecule has 0 bridgehead atoms. The highest BCUT2D eigenvalue weighted by atomic mass is 35.5. The van der Waals surface area contributed by atoms with E-state index >= 15 is 0 Å². The molecule has 2 N–H and O–H groups in total. The predicted octanol–water partition coefficient (Wildman–Crippen LogP) is 7.55. The van der Waals surface area contributed by atoms with Crippen molar-refractivity contribution >= 4 is 63.7 Å². The fourth-order valence-corrected chi connectivity index (χ4v) is 3.85. The van der Waals surface area contributed by atoms with E-state index in [9.17, 15) is 4.79 Å². The van der Waals surface area contributed by atoms with E-state index in [4.69, 9.17) is 51.1 Å². The molecule has 0 saturated carbocycles. The zero-order chi connectivity index (χ0) is 22.5. The van der Waals surface area contributed by atoms with Crippen LogP contribution < -0.4 is 15.4 Å². The maximum atomic E-state index is 12.2. The molecular formula is C23H20Cl4N2O2. The molecule has 1 amide bonds. The van der Waals surface area contributed by atoms with Crippen molar-refractivity contribution in [1.82, 2.24) is 0 Å². The van der Waals surface area contributed by atoms with Crippen molar-refractivity contribution in [2.24, 2.45) is 0 Å². The summed E-state index contributed by atoms with van der Waals surface area (Å²) in [5.74, 6) is -0.0997. The number of nitrogens with one attached hydrogen (secondary N) is 2. The molecule has 31 heavy (non-hydrogen) atoms. The van der Waals surface area contributed by atoms with Gasteiger partial charge < -0.3 is 15.4 Å². The molecule has 4 nitrogen and oxygen atoms in total. The number of carbonyl (C=O) groups is 1. The summed E-state index contributed by atoms with van der Waals surface area (Å²) in [6, 6.07) is 14.4. The third-order valence-corrected chi connectivity index (χ3v) is 5.99. The number of aryl methyl sites for hydroxylation is 1. The van der Waals surface area contributed by atoms with Crippen molar-refractivity contribution < 1.29 is 9.53 Å². The largest absolute Gasteiger partial charge is 0.481 e. The molecule has 0 aliphatic carbocycles. The molecule has 162 valence electrons. The number of rotatable bonds is 7. The summed E-state index contributed by atoms with van der Waals surface area (Å²) < 4.78 is 5.56. The second-order valence-electron chi connectivity index (χ2n) is 6.96. The van der Waals surface area contributed by atoms with Gasteiger partial charge >= 0.3 is 0 Å². The normalized spacial score (nSPS) is 10.6. The van der Waals surface area contributed by atoms with Gasteiger partial charge in [-0.3, -0.25) is 4.79 Å². The van der Waals surface area contributed by atoms with E-state index in [-0.39, 0.29) is 18.3 Å². The Labute approximate surface area is 201 Å². The predicted molar refractivity (Wildman–Crippen MR) is 130 cm³/mol. The molecule has 3 rings (SSSR count). The quantitative estimate of drug-likeness (QED) is 0.354. The summed E-state index contributed by atoms with van der Waals surface area (Å²) >= 11 is 24.9. The molecule has 8 heteroatoms. The van der Waals surface area contributed by atoms with Crippen LogP contribution in [0.5, 0.6) is 5.75 Å². The lowest BCUT2D eigenvalue weighted by atomic mass is 10.1. The molecular weight excluding hydrogens is 478 g/mol. The maximum Gasteiger partial charge on any atom is 0.262 e. The van der Waals surface area contributed by atoms with Gasteiger partial charge in [-0.05, 0) is 66.9 Å². The monoisotopic (exact) mass is 496 g/mol. The Morgan fingerprint density at radius 3 is 2.29 bits per heavy atom. The van der Waals surface area contributed by atoms with Crippen LogP contribution in [0.2, 0.25) is 20.1 Å². The molecule has 0 radical (unpaired) electrons. The first-order chi connectivity index (χ1) is 14.7. The lowest BCUT2D eigenvalue weighted by molar-refractivity contribution is -0.118. The van der Waals surface area contributed by atoms with E-state index in [1.807, 2.05) is 38.1 Å². The van der Waals surface area contributed by atoms with Crippen LogP contribution in [-0.4, -0.2) is 12.5 Å². The Kier molecular flexibility index (Phi) is 7.95. The first kappa shape index (κ1) is 23.6. The number of benzene rings is 3. The molecule has 0 unspecified atom stereocenters. The Balaban J connectivity index is 1.61. The summed E-state index contributed by atoms with van der Waals surface area (Å²) in [4.78, 5) is 12.2. The zero-order valence-corrected chi connectivity index (χ0v) is 19.9. The van der Waals surface area contributed by atoms with Gasteiger partial charge in [-0.1, -0.05) is 58.5 Å². The second kappa shape index (κ2) is 10.5. The van der Waals surface area contributed by atoms with Crippen molar-refractivity contribution in [3.8, 4) is 5.75 Å². The number of halogens is 4. The first-order valence-electron chi connectivity index (χ1n) is 9.40. The Morgan fingerprint density at radius 2 is 1.61 bits per heavy atom. The van der Waals surface area contributed by atoms with E-state index in [0.29, 0.717) is 32.3 Å². The van der Waals surface area contributed by atoms with Crippen molar-refractivity contribution in [2.75, 3.05) is 17.2 Å². The standard InChI is InChI=1S/C23H20Cl4N2O2/c1-13-6-7-16(10-18(13)25)29-22(30)12-31-23-19(26)8-15(9-20(23)27)11-28-21-5-3-4-17(24)14(21)2/h3-10,28H,11-12H2,1-2H3,(H,29,30). The minimum atomic E-state index is -0.353. The Morgan fingerprint density at radius 1 is 0.903 bits per heavy atom. The van der Waals surface area contributed by atoms with Crippen LogP contribution in [-0.2, 0) is 11.3 Å². The molecule has 0 heterocycles. The number of ether oxygens (including phenoxy) is 1. The van der Waals surface area contributed by atoms with Crippen LogP contribution in [0, 0.1) is 13.8 Å². The van der Waals surface area contributed by atoms with Crippen LogP contribution in [0.1, 0.15) is 16.7 Å². The summed E-state index contributed by atoms with van der Waals surface area (Å²) in [5.41, 5.74) is 4.25. The van der Waals surface area contributed by atoms with Gasteiger partial charge in [-0.2, -0.15) is 0 Å².